The molecule has 0 heterocycles. The quantitative estimate of drug-likeness (QED) is 0.117. The van der Waals surface area contributed by atoms with E-state index in [9.17, 15) is 13.0 Å². The molecule has 0 saturated carbocycles. The highest BCUT2D eigenvalue weighted by Gasteiger charge is 2.14. The van der Waals surface area contributed by atoms with Gasteiger partial charge in [0.2, 0.25) is 10.4 Å². The van der Waals surface area contributed by atoms with Crippen LogP contribution in [0.2, 0.25) is 0 Å². The Morgan fingerprint density at radius 3 is 1.44 bits per heavy atom. The predicted octanol–water partition coefficient (Wildman–Crippen LogP) is 5.41. The summed E-state index contributed by atoms with van der Waals surface area (Å²) in [6.45, 7) is 4.17. The Kier molecular flexibility index (Phi) is 16.6. The Labute approximate surface area is 169 Å². The maximum absolute atomic E-state index is 10.4. The topological polar surface area (TPSA) is 66.4 Å². The van der Waals surface area contributed by atoms with Gasteiger partial charge in [-0.15, -0.1) is 0 Å². The van der Waals surface area contributed by atoms with Crippen molar-refractivity contribution in [3.63, 3.8) is 0 Å². The molecule has 27 heavy (non-hydrogen) atoms. The molecule has 6 heteroatoms. The molecule has 0 N–H and O–H groups in total. The van der Waals surface area contributed by atoms with E-state index in [1.807, 2.05) is 0 Å². The maximum atomic E-state index is 10.4. The van der Waals surface area contributed by atoms with Gasteiger partial charge in [0.05, 0.1) is 33.8 Å². The van der Waals surface area contributed by atoms with Crippen LogP contribution in [0.4, 0.5) is 0 Å². The average Bonchev–Trinajstić information content (AvgIpc) is 2.58. The molecule has 0 unspecified atom stereocenters. The molecule has 0 bridgehead atoms. The van der Waals surface area contributed by atoms with Crippen molar-refractivity contribution in [2.24, 2.45) is 0 Å². The van der Waals surface area contributed by atoms with Gasteiger partial charge in [-0.05, 0) is 12.8 Å². The summed E-state index contributed by atoms with van der Waals surface area (Å²) < 4.78 is 36.3. The van der Waals surface area contributed by atoms with E-state index in [-0.39, 0.29) is 6.61 Å². The van der Waals surface area contributed by atoms with Gasteiger partial charge in [0, 0.05) is 6.42 Å². The highest BCUT2D eigenvalue weighted by atomic mass is 32.3. The molecule has 0 aliphatic heterocycles. The van der Waals surface area contributed by atoms with Crippen molar-refractivity contribution in [2.75, 3.05) is 33.8 Å². The fourth-order valence-corrected chi connectivity index (χ4v) is 3.82. The summed E-state index contributed by atoms with van der Waals surface area (Å²) in [4.78, 5) is 0. The van der Waals surface area contributed by atoms with Crippen molar-refractivity contribution >= 4 is 10.4 Å². The van der Waals surface area contributed by atoms with Crippen LogP contribution in [0.3, 0.4) is 0 Å². The van der Waals surface area contributed by atoms with Crippen LogP contribution >= 0.6 is 0 Å². The molecule has 164 valence electrons. The van der Waals surface area contributed by atoms with E-state index in [0.29, 0.717) is 6.42 Å². The third kappa shape index (κ3) is 22.0. The van der Waals surface area contributed by atoms with Crippen molar-refractivity contribution in [1.29, 1.82) is 0 Å². The fourth-order valence-electron chi connectivity index (χ4n) is 3.50. The normalized spacial score (nSPS) is 12.6. The Hall–Kier alpha value is -0.170. The molecule has 0 rings (SSSR count). The summed E-state index contributed by atoms with van der Waals surface area (Å²) in [6, 6.07) is 0. The standard InChI is InChI=1S/C21H45NO4S/c1-4-5-6-7-8-9-10-11-12-13-14-15-16-17-19-22(2,3)20-18-21-26-27(23,24)25/h4-21H2,1-3H3. The van der Waals surface area contributed by atoms with Crippen LogP contribution in [0.5, 0.6) is 0 Å². The first-order valence-electron chi connectivity index (χ1n) is 11.2. The van der Waals surface area contributed by atoms with Gasteiger partial charge < -0.3 is 9.04 Å². The van der Waals surface area contributed by atoms with Gasteiger partial charge in [0.1, 0.15) is 0 Å². The summed E-state index contributed by atoms with van der Waals surface area (Å²) >= 11 is 0. The molecular formula is C21H45NO4S. The Morgan fingerprint density at radius 1 is 0.667 bits per heavy atom. The lowest BCUT2D eigenvalue weighted by Gasteiger charge is -2.30. The monoisotopic (exact) mass is 407 g/mol. The van der Waals surface area contributed by atoms with E-state index in [1.165, 1.54) is 89.9 Å². The molecule has 0 saturated heterocycles. The molecule has 5 nitrogen and oxygen atoms in total. The highest BCUT2D eigenvalue weighted by Crippen LogP contribution is 2.13. The number of quaternary nitrogens is 1. The lowest BCUT2D eigenvalue weighted by Crippen LogP contribution is -2.41. The molecule has 0 spiro atoms. The summed E-state index contributed by atoms with van der Waals surface area (Å²) in [5.41, 5.74) is 0. The third-order valence-corrected chi connectivity index (χ3v) is 5.71. The van der Waals surface area contributed by atoms with Gasteiger partial charge in [0.15, 0.2) is 0 Å². The summed E-state index contributed by atoms with van der Waals surface area (Å²) in [7, 11) is -0.248. The second kappa shape index (κ2) is 16.8. The zero-order valence-corrected chi connectivity index (χ0v) is 19.0. The van der Waals surface area contributed by atoms with Crippen molar-refractivity contribution < 1.29 is 21.6 Å². The van der Waals surface area contributed by atoms with E-state index in [1.54, 1.807) is 0 Å². The van der Waals surface area contributed by atoms with Gasteiger partial charge in [-0.2, -0.15) is 0 Å². The van der Waals surface area contributed by atoms with Gasteiger partial charge in [-0.25, -0.2) is 8.42 Å². The van der Waals surface area contributed by atoms with Gasteiger partial charge in [-0.1, -0.05) is 84.0 Å². The second-order valence-corrected chi connectivity index (χ2v) is 9.62. The van der Waals surface area contributed by atoms with Crippen molar-refractivity contribution in [3.05, 3.63) is 0 Å². The van der Waals surface area contributed by atoms with Gasteiger partial charge >= 0.3 is 0 Å². The van der Waals surface area contributed by atoms with Crippen LogP contribution in [0.25, 0.3) is 0 Å². The first-order valence-corrected chi connectivity index (χ1v) is 12.5. The summed E-state index contributed by atoms with van der Waals surface area (Å²) in [5.74, 6) is 0. The third-order valence-electron chi connectivity index (χ3n) is 5.25. The highest BCUT2D eigenvalue weighted by molar-refractivity contribution is 7.80. The van der Waals surface area contributed by atoms with Crippen molar-refractivity contribution in [1.82, 2.24) is 0 Å². The summed E-state index contributed by atoms with van der Waals surface area (Å²) in [5, 5.41) is 0. The second-order valence-electron chi connectivity index (χ2n) is 8.56. The van der Waals surface area contributed by atoms with Crippen molar-refractivity contribution in [2.45, 2.75) is 103 Å². The molecule has 0 amide bonds. The smallest absolute Gasteiger partial charge is 0.217 e. The zero-order chi connectivity index (χ0) is 20.4. The van der Waals surface area contributed by atoms with Crippen molar-refractivity contribution in [3.8, 4) is 0 Å². The number of hydrogen-bond donors (Lipinski definition) is 0. The SMILES string of the molecule is CCCCCCCCCCCCCCCC[N+](C)(C)CCCOS(=O)(=O)[O-]. The van der Waals surface area contributed by atoms with Crippen LogP contribution in [0, 0.1) is 0 Å². The Bertz CT molecular complexity index is 424. The van der Waals surface area contributed by atoms with E-state index in [0.717, 1.165) is 17.6 Å². The minimum atomic E-state index is -4.54. The maximum Gasteiger partial charge on any atom is 0.217 e. The van der Waals surface area contributed by atoms with Crippen LogP contribution < -0.4 is 0 Å². The minimum absolute atomic E-state index is 0.00769. The Balaban J connectivity index is 3.35. The fraction of sp³-hybridized carbons (Fsp3) is 1.00. The number of hydrogen-bond acceptors (Lipinski definition) is 4. The van der Waals surface area contributed by atoms with Crippen LogP contribution in [0.15, 0.2) is 0 Å². The lowest BCUT2D eigenvalue weighted by molar-refractivity contribution is -0.890. The Morgan fingerprint density at radius 2 is 1.04 bits per heavy atom. The van der Waals surface area contributed by atoms with E-state index in [2.05, 4.69) is 25.2 Å². The molecule has 0 aromatic carbocycles. The first kappa shape index (κ1) is 26.8. The zero-order valence-electron chi connectivity index (χ0n) is 18.2. The molecule has 0 atom stereocenters. The van der Waals surface area contributed by atoms with Crippen LogP contribution in [-0.4, -0.2) is 51.2 Å². The van der Waals surface area contributed by atoms with Gasteiger partial charge in [0.25, 0.3) is 0 Å². The van der Waals surface area contributed by atoms with Crippen LogP contribution in [0.1, 0.15) is 103 Å². The molecule has 0 fully saturated rings. The molecule has 0 radical (unpaired) electrons. The largest absolute Gasteiger partial charge is 0.726 e. The van der Waals surface area contributed by atoms with Gasteiger partial charge in [-0.3, -0.25) is 4.18 Å². The molecule has 0 aromatic rings. The number of nitrogens with zero attached hydrogens (tertiary/aromatic N) is 1. The molecular weight excluding hydrogens is 362 g/mol. The first-order chi connectivity index (χ1) is 12.8. The predicted molar refractivity (Wildman–Crippen MR) is 112 cm³/mol. The van der Waals surface area contributed by atoms with E-state index >= 15 is 0 Å². The molecule has 0 aliphatic rings. The lowest BCUT2D eigenvalue weighted by atomic mass is 10.0. The number of unbranched alkanes of at least 4 members (excludes halogenated alkanes) is 13. The average molecular weight is 408 g/mol. The number of rotatable bonds is 20. The minimum Gasteiger partial charge on any atom is -0.726 e. The van der Waals surface area contributed by atoms with Crippen LogP contribution in [-0.2, 0) is 14.6 Å². The molecule has 0 aliphatic carbocycles. The summed E-state index contributed by atoms with van der Waals surface area (Å²) in [6.07, 6.45) is 19.7. The van der Waals surface area contributed by atoms with E-state index in [4.69, 9.17) is 0 Å². The van der Waals surface area contributed by atoms with E-state index < -0.39 is 10.4 Å². The molecule has 0 aromatic heterocycles.